The Morgan fingerprint density at radius 1 is 1.10 bits per heavy atom. The van der Waals surface area contributed by atoms with Crippen molar-refractivity contribution >= 4 is 0 Å². The first kappa shape index (κ1) is 16.4. The lowest BCUT2D eigenvalue weighted by Crippen LogP contribution is -2.47. The third-order valence-electron chi connectivity index (χ3n) is 4.15. The molecule has 0 saturated heterocycles. The predicted molar refractivity (Wildman–Crippen MR) is 81.1 cm³/mol. The fraction of sp³-hybridized carbons (Fsp3) is 0.867. The van der Waals surface area contributed by atoms with Gasteiger partial charge >= 0.3 is 0 Å². The molecule has 0 aliphatic carbocycles. The Labute approximate surface area is 127 Å². The minimum Gasteiger partial charge on any atom is -0.371 e. The second-order valence-electron chi connectivity index (χ2n) is 6.18. The molecule has 0 amide bonds. The molecule has 6 heteroatoms. The van der Waals surface area contributed by atoms with Crippen molar-refractivity contribution in [2.75, 3.05) is 20.8 Å². The summed E-state index contributed by atoms with van der Waals surface area (Å²) in [4.78, 5) is 2.34. The summed E-state index contributed by atoms with van der Waals surface area (Å²) in [5.74, 6) is 0. The van der Waals surface area contributed by atoms with Crippen molar-refractivity contribution in [3.63, 3.8) is 0 Å². The van der Waals surface area contributed by atoms with Gasteiger partial charge in [0.25, 0.3) is 0 Å². The third-order valence-corrected chi connectivity index (χ3v) is 4.15. The van der Waals surface area contributed by atoms with E-state index in [0.29, 0.717) is 12.1 Å². The molecule has 0 aromatic carbocycles. The molecule has 0 radical (unpaired) electrons. The van der Waals surface area contributed by atoms with Crippen LogP contribution >= 0.6 is 0 Å². The lowest BCUT2D eigenvalue weighted by atomic mass is 10.0. The van der Waals surface area contributed by atoms with E-state index >= 15 is 0 Å². The summed E-state index contributed by atoms with van der Waals surface area (Å²) in [5, 5.41) is 8.74. The smallest absolute Gasteiger partial charge is 0.142 e. The Morgan fingerprint density at radius 3 is 2.33 bits per heavy atom. The van der Waals surface area contributed by atoms with E-state index in [4.69, 9.17) is 9.47 Å². The SMILES string of the molecule is COC1c2nnn(C(C)C)c2CCCN(C(C)C)C1OC. The van der Waals surface area contributed by atoms with Gasteiger partial charge < -0.3 is 9.47 Å². The summed E-state index contributed by atoms with van der Waals surface area (Å²) in [7, 11) is 3.45. The summed E-state index contributed by atoms with van der Waals surface area (Å²) in [5.41, 5.74) is 2.10. The first-order valence-corrected chi connectivity index (χ1v) is 7.76. The molecular formula is C15H28N4O2. The molecule has 120 valence electrons. The maximum absolute atomic E-state index is 5.75. The Bertz CT molecular complexity index is 459. The summed E-state index contributed by atoms with van der Waals surface area (Å²) < 4.78 is 13.5. The van der Waals surface area contributed by atoms with E-state index in [1.165, 1.54) is 5.69 Å². The fourth-order valence-electron chi connectivity index (χ4n) is 3.11. The van der Waals surface area contributed by atoms with Gasteiger partial charge in [0.05, 0.1) is 5.69 Å². The number of rotatable bonds is 4. The van der Waals surface area contributed by atoms with Crippen LogP contribution in [-0.2, 0) is 15.9 Å². The highest BCUT2D eigenvalue weighted by atomic mass is 16.5. The maximum Gasteiger partial charge on any atom is 0.142 e. The summed E-state index contributed by atoms with van der Waals surface area (Å²) in [6, 6.07) is 0.703. The molecule has 0 fully saturated rings. The van der Waals surface area contributed by atoms with Crippen LogP contribution < -0.4 is 0 Å². The van der Waals surface area contributed by atoms with Crippen molar-refractivity contribution in [1.29, 1.82) is 0 Å². The minimum atomic E-state index is -0.208. The molecule has 2 heterocycles. The minimum absolute atomic E-state index is 0.133. The topological polar surface area (TPSA) is 52.4 Å². The first-order valence-electron chi connectivity index (χ1n) is 7.76. The molecule has 0 N–H and O–H groups in total. The van der Waals surface area contributed by atoms with E-state index < -0.39 is 0 Å². The Kier molecular flexibility index (Phi) is 5.35. The van der Waals surface area contributed by atoms with E-state index in [2.05, 4.69) is 42.9 Å². The molecule has 2 rings (SSSR count). The number of fused-ring (bicyclic) bond motifs is 1. The van der Waals surface area contributed by atoms with Crippen LogP contribution in [0.25, 0.3) is 0 Å². The van der Waals surface area contributed by atoms with Gasteiger partial charge in [-0.2, -0.15) is 0 Å². The molecular weight excluding hydrogens is 268 g/mol. The first-order chi connectivity index (χ1) is 10.0. The largest absolute Gasteiger partial charge is 0.371 e. The number of hydrogen-bond donors (Lipinski definition) is 0. The number of hydrogen-bond acceptors (Lipinski definition) is 5. The van der Waals surface area contributed by atoms with Crippen molar-refractivity contribution in [3.8, 4) is 0 Å². The van der Waals surface area contributed by atoms with Crippen molar-refractivity contribution < 1.29 is 9.47 Å². The molecule has 6 nitrogen and oxygen atoms in total. The number of nitrogens with zero attached hydrogens (tertiary/aromatic N) is 4. The second kappa shape index (κ2) is 6.85. The standard InChI is InChI=1S/C15H28N4O2/c1-10(2)18-9-7-8-12-13(14(20-5)15(18)21-6)16-17-19(12)11(3)4/h10-11,14-15H,7-9H2,1-6H3. The molecule has 1 aromatic rings. The van der Waals surface area contributed by atoms with Gasteiger partial charge in [-0.3, -0.25) is 4.90 Å². The molecule has 2 unspecified atom stereocenters. The monoisotopic (exact) mass is 296 g/mol. The van der Waals surface area contributed by atoms with Gasteiger partial charge in [-0.1, -0.05) is 5.21 Å². The van der Waals surface area contributed by atoms with Crippen LogP contribution in [0.2, 0.25) is 0 Å². The molecule has 0 bridgehead atoms. The summed E-state index contributed by atoms with van der Waals surface area (Å²) in [6.45, 7) is 9.62. The van der Waals surface area contributed by atoms with Crippen LogP contribution in [0, 0.1) is 0 Å². The van der Waals surface area contributed by atoms with Gasteiger partial charge in [-0.05, 0) is 40.5 Å². The molecule has 1 aliphatic heterocycles. The Morgan fingerprint density at radius 2 is 1.81 bits per heavy atom. The Balaban J connectivity index is 2.44. The highest BCUT2D eigenvalue weighted by Crippen LogP contribution is 2.31. The molecule has 21 heavy (non-hydrogen) atoms. The van der Waals surface area contributed by atoms with Crippen LogP contribution in [0.3, 0.4) is 0 Å². The van der Waals surface area contributed by atoms with Gasteiger partial charge in [0.1, 0.15) is 18.0 Å². The summed E-state index contributed by atoms with van der Waals surface area (Å²) in [6.07, 6.45) is 1.70. The number of methoxy groups -OCH3 is 2. The molecule has 1 aliphatic rings. The van der Waals surface area contributed by atoms with E-state index in [-0.39, 0.29) is 12.3 Å². The predicted octanol–water partition coefficient (Wildman–Crippen LogP) is 2.18. The zero-order valence-corrected chi connectivity index (χ0v) is 14.0. The molecule has 0 saturated carbocycles. The van der Waals surface area contributed by atoms with Crippen LogP contribution in [-0.4, -0.2) is 52.9 Å². The van der Waals surface area contributed by atoms with Crippen molar-refractivity contribution in [2.24, 2.45) is 0 Å². The zero-order valence-electron chi connectivity index (χ0n) is 14.0. The Hall–Kier alpha value is -0.980. The summed E-state index contributed by atoms with van der Waals surface area (Å²) >= 11 is 0. The normalized spacial score (nSPS) is 24.2. The lowest BCUT2D eigenvalue weighted by molar-refractivity contribution is -0.135. The second-order valence-corrected chi connectivity index (χ2v) is 6.18. The highest BCUT2D eigenvalue weighted by Gasteiger charge is 2.36. The van der Waals surface area contributed by atoms with Crippen LogP contribution in [0.15, 0.2) is 0 Å². The lowest BCUT2D eigenvalue weighted by Gasteiger charge is -2.38. The quantitative estimate of drug-likeness (QED) is 0.852. The average molecular weight is 296 g/mol. The van der Waals surface area contributed by atoms with Crippen LogP contribution in [0.4, 0.5) is 0 Å². The average Bonchev–Trinajstić information content (AvgIpc) is 2.82. The van der Waals surface area contributed by atoms with Gasteiger partial charge in [-0.25, -0.2) is 4.68 Å². The fourth-order valence-corrected chi connectivity index (χ4v) is 3.11. The van der Waals surface area contributed by atoms with Gasteiger partial charge in [0.2, 0.25) is 0 Å². The van der Waals surface area contributed by atoms with Gasteiger partial charge in [0.15, 0.2) is 0 Å². The van der Waals surface area contributed by atoms with E-state index in [1.807, 2.05) is 4.68 Å². The maximum atomic E-state index is 5.75. The number of ether oxygens (including phenoxy) is 2. The van der Waals surface area contributed by atoms with E-state index in [0.717, 1.165) is 25.1 Å². The van der Waals surface area contributed by atoms with E-state index in [9.17, 15) is 0 Å². The van der Waals surface area contributed by atoms with Gasteiger partial charge in [-0.15, -0.1) is 5.10 Å². The van der Waals surface area contributed by atoms with Crippen molar-refractivity contribution in [1.82, 2.24) is 19.9 Å². The van der Waals surface area contributed by atoms with Gasteiger partial charge in [0, 0.05) is 32.8 Å². The molecule has 1 aromatic heterocycles. The number of aromatic nitrogens is 3. The highest BCUT2D eigenvalue weighted by molar-refractivity contribution is 5.17. The van der Waals surface area contributed by atoms with E-state index in [1.54, 1.807) is 14.2 Å². The molecule has 2 atom stereocenters. The molecule has 0 spiro atoms. The van der Waals surface area contributed by atoms with Crippen LogP contribution in [0.1, 0.15) is 57.6 Å². The van der Waals surface area contributed by atoms with Crippen LogP contribution in [0.5, 0.6) is 0 Å². The third kappa shape index (κ3) is 3.12. The zero-order chi connectivity index (χ0) is 15.6. The van der Waals surface area contributed by atoms with Crippen molar-refractivity contribution in [2.45, 2.75) is 65.0 Å². The van der Waals surface area contributed by atoms with Crippen molar-refractivity contribution in [3.05, 3.63) is 11.4 Å².